The van der Waals surface area contributed by atoms with E-state index in [2.05, 4.69) is 26.7 Å². The number of hydrogen-bond acceptors (Lipinski definition) is 7. The average molecular weight is 533 g/mol. The van der Waals surface area contributed by atoms with Crippen LogP contribution in [-0.2, 0) is 4.74 Å². The van der Waals surface area contributed by atoms with E-state index < -0.39 is 5.60 Å². The van der Waals surface area contributed by atoms with E-state index >= 15 is 0 Å². The summed E-state index contributed by atoms with van der Waals surface area (Å²) >= 11 is 0. The number of ether oxygens (including phenoxy) is 1. The highest BCUT2D eigenvalue weighted by atomic mass is 16.6. The highest BCUT2D eigenvalue weighted by molar-refractivity contribution is 5.96. The molecule has 0 saturated carbocycles. The fourth-order valence-electron chi connectivity index (χ4n) is 4.97. The minimum absolute atomic E-state index is 0.0305. The maximum absolute atomic E-state index is 12.9. The van der Waals surface area contributed by atoms with Crippen LogP contribution in [0, 0.1) is 0 Å². The van der Waals surface area contributed by atoms with Crippen molar-refractivity contribution in [2.75, 3.05) is 44.2 Å². The molecule has 0 spiro atoms. The number of nitrogens with zero attached hydrogens (tertiary/aromatic N) is 6. The second-order valence-electron chi connectivity index (χ2n) is 10.8. The molecule has 0 aliphatic carbocycles. The molecule has 0 N–H and O–H groups in total. The number of fused-ring (bicyclic) bond motifs is 1. The molecule has 2 amide bonds. The Balaban J connectivity index is 1.63. The first-order chi connectivity index (χ1) is 18.6. The Morgan fingerprint density at radius 3 is 2.26 bits per heavy atom. The zero-order valence-corrected chi connectivity index (χ0v) is 23.9. The molecule has 3 aromatic rings. The van der Waals surface area contributed by atoms with Crippen LogP contribution in [0.25, 0.3) is 10.9 Å². The number of aromatic nitrogens is 2. The largest absolute Gasteiger partial charge is 0.444 e. The summed E-state index contributed by atoms with van der Waals surface area (Å²) in [6.45, 7) is 15.7. The topological polar surface area (TPSA) is 82.1 Å². The van der Waals surface area contributed by atoms with Crippen molar-refractivity contribution in [3.8, 4) is 0 Å². The molecule has 208 valence electrons. The number of rotatable bonds is 7. The summed E-state index contributed by atoms with van der Waals surface area (Å²) in [5, 5.41) is 0.947. The molecule has 9 nitrogen and oxygen atoms in total. The zero-order chi connectivity index (χ0) is 28.2. The fourth-order valence-corrected chi connectivity index (χ4v) is 4.97. The number of pyridine rings is 2. The van der Waals surface area contributed by atoms with Crippen LogP contribution in [0.3, 0.4) is 0 Å². The van der Waals surface area contributed by atoms with Crippen LogP contribution < -0.4 is 4.90 Å². The lowest BCUT2D eigenvalue weighted by atomic mass is 10.1. The van der Waals surface area contributed by atoms with Crippen molar-refractivity contribution in [3.05, 3.63) is 60.6 Å². The third kappa shape index (κ3) is 6.47. The predicted octanol–water partition coefficient (Wildman–Crippen LogP) is 5.15. The lowest BCUT2D eigenvalue weighted by Gasteiger charge is -2.43. The predicted molar refractivity (Wildman–Crippen MR) is 154 cm³/mol. The monoisotopic (exact) mass is 532 g/mol. The van der Waals surface area contributed by atoms with Crippen LogP contribution in [-0.4, -0.2) is 87.7 Å². The first-order valence-corrected chi connectivity index (χ1v) is 13.7. The summed E-state index contributed by atoms with van der Waals surface area (Å²) in [6.07, 6.45) is 5.09. The summed E-state index contributed by atoms with van der Waals surface area (Å²) in [7, 11) is 0. The van der Waals surface area contributed by atoms with Crippen molar-refractivity contribution in [1.82, 2.24) is 24.7 Å². The number of piperazine rings is 1. The van der Waals surface area contributed by atoms with Gasteiger partial charge in [-0.15, -0.1) is 0 Å². The Morgan fingerprint density at radius 2 is 1.64 bits per heavy atom. The Kier molecular flexibility index (Phi) is 8.70. The number of amides is 2. The zero-order valence-electron chi connectivity index (χ0n) is 23.9. The molecule has 39 heavy (non-hydrogen) atoms. The molecule has 3 heterocycles. The van der Waals surface area contributed by atoms with E-state index in [0.29, 0.717) is 44.8 Å². The number of carbonyl (C=O) groups excluding carboxylic acids is 2. The number of carbonyl (C=O) groups is 2. The van der Waals surface area contributed by atoms with Crippen LogP contribution in [0.5, 0.6) is 0 Å². The average Bonchev–Trinajstić information content (AvgIpc) is 2.93. The van der Waals surface area contributed by atoms with Crippen LogP contribution in [0.2, 0.25) is 0 Å². The van der Waals surface area contributed by atoms with Gasteiger partial charge < -0.3 is 19.4 Å². The van der Waals surface area contributed by atoms with Gasteiger partial charge in [0.2, 0.25) is 0 Å². The third-order valence-corrected chi connectivity index (χ3v) is 7.09. The molecule has 1 saturated heterocycles. The first-order valence-electron chi connectivity index (χ1n) is 13.7. The third-order valence-electron chi connectivity index (χ3n) is 7.09. The van der Waals surface area contributed by atoms with Crippen LogP contribution in [0.4, 0.5) is 16.2 Å². The van der Waals surface area contributed by atoms with Gasteiger partial charge in [0.25, 0.3) is 5.91 Å². The van der Waals surface area contributed by atoms with Gasteiger partial charge in [0.15, 0.2) is 0 Å². The lowest BCUT2D eigenvalue weighted by Crippen LogP contribution is -2.55. The molecule has 4 rings (SSSR count). The second-order valence-corrected chi connectivity index (χ2v) is 10.8. The highest BCUT2D eigenvalue weighted by Crippen LogP contribution is 2.34. The molecule has 9 heteroatoms. The standard InChI is InChI=1S/C30H40N6O3/c1-7-33(8-2)28(37)23-9-11-24(12-10-23)36(27-14-16-32-26-13-15-31-21-25(26)27)22(3)34-17-19-35(20-18-34)29(38)39-30(4,5)6/h9-16,21-22H,7-8,17-20H2,1-6H3. The van der Waals surface area contributed by atoms with Crippen molar-refractivity contribution in [3.63, 3.8) is 0 Å². The minimum atomic E-state index is -0.520. The second kappa shape index (κ2) is 12.0. The summed E-state index contributed by atoms with van der Waals surface area (Å²) in [4.78, 5) is 42.7. The Bertz CT molecular complexity index is 1270. The summed E-state index contributed by atoms with van der Waals surface area (Å²) in [5.74, 6) is 0.0305. The van der Waals surface area contributed by atoms with Gasteiger partial charge in [0.1, 0.15) is 5.60 Å². The van der Waals surface area contributed by atoms with Crippen LogP contribution in [0.15, 0.2) is 55.0 Å². The Labute approximate surface area is 231 Å². The molecular weight excluding hydrogens is 492 g/mol. The summed E-state index contributed by atoms with van der Waals surface area (Å²) in [6, 6.07) is 11.7. The van der Waals surface area contributed by atoms with E-state index in [-0.39, 0.29) is 18.2 Å². The van der Waals surface area contributed by atoms with Crippen molar-refractivity contribution in [2.45, 2.75) is 53.3 Å². The van der Waals surface area contributed by atoms with Crippen LogP contribution >= 0.6 is 0 Å². The molecular formula is C30H40N6O3. The van der Waals surface area contributed by atoms with Gasteiger partial charge in [-0.2, -0.15) is 0 Å². The van der Waals surface area contributed by atoms with Crippen molar-refractivity contribution >= 4 is 34.3 Å². The van der Waals surface area contributed by atoms with Crippen molar-refractivity contribution < 1.29 is 14.3 Å². The fraction of sp³-hybridized carbons (Fsp3) is 0.467. The van der Waals surface area contributed by atoms with E-state index in [1.807, 2.05) is 88.3 Å². The molecule has 0 radical (unpaired) electrons. The number of benzene rings is 1. The maximum Gasteiger partial charge on any atom is 0.410 e. The first kappa shape index (κ1) is 28.3. The van der Waals surface area contributed by atoms with Crippen LogP contribution in [0.1, 0.15) is 51.9 Å². The Morgan fingerprint density at radius 1 is 0.974 bits per heavy atom. The molecule has 2 aromatic heterocycles. The lowest BCUT2D eigenvalue weighted by molar-refractivity contribution is 0.0114. The number of hydrogen-bond donors (Lipinski definition) is 0. The molecule has 1 unspecified atom stereocenters. The van der Waals surface area contributed by atoms with Gasteiger partial charge in [0.05, 0.1) is 17.4 Å². The maximum atomic E-state index is 12.9. The van der Waals surface area contributed by atoms with Gasteiger partial charge in [-0.1, -0.05) is 0 Å². The number of anilines is 2. The quantitative estimate of drug-likeness (QED) is 0.416. The summed E-state index contributed by atoms with van der Waals surface area (Å²) < 4.78 is 5.58. The van der Waals surface area contributed by atoms with Gasteiger partial charge in [-0.05, 0) is 77.9 Å². The van der Waals surface area contributed by atoms with Crippen molar-refractivity contribution in [1.29, 1.82) is 0 Å². The summed E-state index contributed by atoms with van der Waals surface area (Å²) in [5.41, 5.74) is 2.96. The Hall–Kier alpha value is -3.72. The van der Waals surface area contributed by atoms with Gasteiger partial charge >= 0.3 is 6.09 Å². The van der Waals surface area contributed by atoms with Gasteiger partial charge in [-0.3, -0.25) is 19.7 Å². The molecule has 1 fully saturated rings. The molecule has 1 atom stereocenters. The van der Waals surface area contributed by atoms with Gasteiger partial charge in [-0.25, -0.2) is 4.79 Å². The van der Waals surface area contributed by atoms with E-state index in [9.17, 15) is 9.59 Å². The van der Waals surface area contributed by atoms with E-state index in [1.54, 1.807) is 11.1 Å². The normalized spacial score (nSPS) is 15.2. The minimum Gasteiger partial charge on any atom is -0.444 e. The van der Waals surface area contributed by atoms with Gasteiger partial charge in [0, 0.05) is 74.5 Å². The van der Waals surface area contributed by atoms with Crippen molar-refractivity contribution in [2.24, 2.45) is 0 Å². The molecule has 1 aromatic carbocycles. The van der Waals surface area contributed by atoms with E-state index in [1.165, 1.54) is 0 Å². The highest BCUT2D eigenvalue weighted by Gasteiger charge is 2.31. The van der Waals surface area contributed by atoms with E-state index in [0.717, 1.165) is 22.3 Å². The smallest absolute Gasteiger partial charge is 0.410 e. The van der Waals surface area contributed by atoms with E-state index in [4.69, 9.17) is 4.74 Å². The molecule has 1 aliphatic rings. The molecule has 0 bridgehead atoms. The molecule has 1 aliphatic heterocycles. The SMILES string of the molecule is CCN(CC)C(=O)c1ccc(N(c2ccnc3ccncc23)C(C)N2CCN(C(=O)OC(C)(C)C)CC2)cc1.